The average Bonchev–Trinajstić information content (AvgIpc) is 2.76. The summed E-state index contributed by atoms with van der Waals surface area (Å²) in [6.07, 6.45) is 4.57. The van der Waals surface area contributed by atoms with E-state index < -0.39 is 0 Å². The highest BCUT2D eigenvalue weighted by Crippen LogP contribution is 2.36. The highest BCUT2D eigenvalue weighted by molar-refractivity contribution is 5.82. The number of carbonyl (C=O) groups is 1. The quantitative estimate of drug-likeness (QED) is 0.850. The van der Waals surface area contributed by atoms with Crippen LogP contribution in [0.2, 0.25) is 0 Å². The minimum absolute atomic E-state index is 0.104. The van der Waals surface area contributed by atoms with E-state index in [1.54, 1.807) is 7.11 Å². The predicted molar refractivity (Wildman–Crippen MR) is 72.2 cm³/mol. The van der Waals surface area contributed by atoms with E-state index >= 15 is 0 Å². The number of anilines is 1. The number of rotatable bonds is 3. The number of methoxy groups -OCH3 is 1. The molecule has 1 aromatic rings. The van der Waals surface area contributed by atoms with Gasteiger partial charge in [0.1, 0.15) is 17.9 Å². The second-order valence-electron chi connectivity index (χ2n) is 5.27. The summed E-state index contributed by atoms with van der Waals surface area (Å²) in [4.78, 5) is 12.0. The summed E-state index contributed by atoms with van der Waals surface area (Å²) in [7, 11) is 1.64. The number of ether oxygens (including phenoxy) is 2. The predicted octanol–water partition coefficient (Wildman–Crippen LogP) is 2.59. The standard InChI is InChI=1S/C15H19NO3/c1-18-11-8-6-10(7-9-11)16-14-12-4-2-3-5-13(12)19-15(14)17/h6-9,12-14,16H,2-5H2,1H3/t12-,13+,14+/m0/s1. The molecule has 1 N–H and O–H groups in total. The monoisotopic (exact) mass is 261 g/mol. The molecule has 0 unspecified atom stereocenters. The van der Waals surface area contributed by atoms with Crippen LogP contribution in [-0.4, -0.2) is 25.2 Å². The van der Waals surface area contributed by atoms with Gasteiger partial charge in [0.25, 0.3) is 0 Å². The minimum Gasteiger partial charge on any atom is -0.497 e. The van der Waals surface area contributed by atoms with Gasteiger partial charge < -0.3 is 14.8 Å². The molecule has 1 heterocycles. The van der Waals surface area contributed by atoms with E-state index in [0.717, 1.165) is 24.3 Å². The molecule has 2 fully saturated rings. The molecule has 102 valence electrons. The first-order valence-electron chi connectivity index (χ1n) is 6.89. The van der Waals surface area contributed by atoms with Crippen molar-refractivity contribution < 1.29 is 14.3 Å². The molecule has 3 atom stereocenters. The van der Waals surface area contributed by atoms with Crippen molar-refractivity contribution in [3.63, 3.8) is 0 Å². The number of carbonyl (C=O) groups excluding carboxylic acids is 1. The summed E-state index contributed by atoms with van der Waals surface area (Å²) in [5.74, 6) is 1.03. The molecular formula is C15H19NO3. The first-order chi connectivity index (χ1) is 9.28. The van der Waals surface area contributed by atoms with Crippen molar-refractivity contribution in [2.24, 2.45) is 5.92 Å². The second-order valence-corrected chi connectivity index (χ2v) is 5.27. The Morgan fingerprint density at radius 1 is 1.21 bits per heavy atom. The second kappa shape index (κ2) is 5.11. The molecule has 1 aromatic carbocycles. The van der Waals surface area contributed by atoms with E-state index in [1.165, 1.54) is 12.8 Å². The molecule has 0 amide bonds. The van der Waals surface area contributed by atoms with Gasteiger partial charge in [0.2, 0.25) is 0 Å². The Morgan fingerprint density at radius 2 is 1.95 bits per heavy atom. The van der Waals surface area contributed by atoms with Crippen LogP contribution in [0.5, 0.6) is 5.75 Å². The maximum atomic E-state index is 12.0. The molecule has 0 aromatic heterocycles. The molecule has 1 saturated carbocycles. The van der Waals surface area contributed by atoms with Gasteiger partial charge in [-0.3, -0.25) is 0 Å². The Hall–Kier alpha value is -1.71. The van der Waals surface area contributed by atoms with E-state index in [1.807, 2.05) is 24.3 Å². The van der Waals surface area contributed by atoms with Gasteiger partial charge >= 0.3 is 5.97 Å². The van der Waals surface area contributed by atoms with Gasteiger partial charge in [0.05, 0.1) is 7.11 Å². The lowest BCUT2D eigenvalue weighted by Crippen LogP contribution is -2.34. The summed E-state index contributed by atoms with van der Waals surface area (Å²) in [5.41, 5.74) is 0.939. The average molecular weight is 261 g/mol. The minimum atomic E-state index is -0.196. The highest BCUT2D eigenvalue weighted by Gasteiger charge is 2.45. The Bertz CT molecular complexity index is 457. The normalized spacial score (nSPS) is 29.5. The lowest BCUT2D eigenvalue weighted by Gasteiger charge is -2.26. The molecule has 1 aliphatic heterocycles. The molecule has 0 bridgehead atoms. The van der Waals surface area contributed by atoms with Crippen molar-refractivity contribution in [2.45, 2.75) is 37.8 Å². The highest BCUT2D eigenvalue weighted by atomic mass is 16.6. The van der Waals surface area contributed by atoms with Gasteiger partial charge in [0.15, 0.2) is 0 Å². The zero-order chi connectivity index (χ0) is 13.2. The number of esters is 1. The van der Waals surface area contributed by atoms with Gasteiger partial charge in [-0.25, -0.2) is 4.79 Å². The summed E-state index contributed by atoms with van der Waals surface area (Å²) >= 11 is 0. The maximum absolute atomic E-state index is 12.0. The largest absolute Gasteiger partial charge is 0.497 e. The van der Waals surface area contributed by atoms with E-state index in [-0.39, 0.29) is 18.1 Å². The Balaban J connectivity index is 1.72. The van der Waals surface area contributed by atoms with Crippen molar-refractivity contribution >= 4 is 11.7 Å². The van der Waals surface area contributed by atoms with Gasteiger partial charge in [-0.2, -0.15) is 0 Å². The van der Waals surface area contributed by atoms with Crippen LogP contribution in [0.4, 0.5) is 5.69 Å². The molecule has 19 heavy (non-hydrogen) atoms. The van der Waals surface area contributed by atoms with E-state index in [9.17, 15) is 4.79 Å². The van der Waals surface area contributed by atoms with Crippen molar-refractivity contribution in [3.05, 3.63) is 24.3 Å². The van der Waals surface area contributed by atoms with Crippen LogP contribution in [-0.2, 0) is 9.53 Å². The fraction of sp³-hybridized carbons (Fsp3) is 0.533. The van der Waals surface area contributed by atoms with E-state index in [2.05, 4.69) is 5.32 Å². The van der Waals surface area contributed by atoms with Crippen molar-refractivity contribution in [3.8, 4) is 5.75 Å². The van der Waals surface area contributed by atoms with Crippen molar-refractivity contribution in [1.82, 2.24) is 0 Å². The Morgan fingerprint density at radius 3 is 2.68 bits per heavy atom. The molecule has 3 rings (SSSR count). The Labute approximate surface area is 113 Å². The summed E-state index contributed by atoms with van der Waals surface area (Å²) < 4.78 is 10.6. The third-order valence-electron chi connectivity index (χ3n) is 4.12. The van der Waals surface area contributed by atoms with E-state index in [4.69, 9.17) is 9.47 Å². The van der Waals surface area contributed by atoms with Crippen LogP contribution in [0, 0.1) is 5.92 Å². The fourth-order valence-corrected chi connectivity index (χ4v) is 3.08. The lowest BCUT2D eigenvalue weighted by atomic mass is 9.83. The number of hydrogen-bond donors (Lipinski definition) is 1. The number of benzene rings is 1. The SMILES string of the molecule is COc1ccc(N[C@H]2C(=O)O[C@@H]3CCCC[C@@H]32)cc1. The first kappa shape index (κ1) is 12.3. The van der Waals surface area contributed by atoms with Crippen LogP contribution < -0.4 is 10.1 Å². The summed E-state index contributed by atoms with van der Waals surface area (Å²) in [6.45, 7) is 0. The fourth-order valence-electron chi connectivity index (χ4n) is 3.08. The third-order valence-corrected chi connectivity index (χ3v) is 4.12. The lowest BCUT2D eigenvalue weighted by molar-refractivity contribution is -0.142. The maximum Gasteiger partial charge on any atom is 0.329 e. The number of hydrogen-bond acceptors (Lipinski definition) is 4. The topological polar surface area (TPSA) is 47.6 Å². The van der Waals surface area contributed by atoms with Gasteiger partial charge in [-0.05, 0) is 43.5 Å². The van der Waals surface area contributed by atoms with Crippen molar-refractivity contribution in [1.29, 1.82) is 0 Å². The molecule has 2 aliphatic rings. The first-order valence-corrected chi connectivity index (χ1v) is 6.89. The molecule has 1 saturated heterocycles. The Kier molecular flexibility index (Phi) is 3.32. The van der Waals surface area contributed by atoms with Gasteiger partial charge in [-0.15, -0.1) is 0 Å². The van der Waals surface area contributed by atoms with Crippen LogP contribution in [0.15, 0.2) is 24.3 Å². The van der Waals surface area contributed by atoms with Crippen LogP contribution in [0.25, 0.3) is 0 Å². The third kappa shape index (κ3) is 2.39. The molecular weight excluding hydrogens is 242 g/mol. The zero-order valence-corrected chi connectivity index (χ0v) is 11.1. The van der Waals surface area contributed by atoms with Crippen LogP contribution in [0.3, 0.4) is 0 Å². The van der Waals surface area contributed by atoms with Gasteiger partial charge in [-0.1, -0.05) is 6.42 Å². The van der Waals surface area contributed by atoms with Crippen LogP contribution in [0.1, 0.15) is 25.7 Å². The smallest absolute Gasteiger partial charge is 0.329 e. The molecule has 4 nitrogen and oxygen atoms in total. The summed E-state index contributed by atoms with van der Waals surface area (Å²) in [5, 5.41) is 3.31. The molecule has 1 aliphatic carbocycles. The van der Waals surface area contributed by atoms with E-state index in [0.29, 0.717) is 5.92 Å². The number of fused-ring (bicyclic) bond motifs is 1. The van der Waals surface area contributed by atoms with Gasteiger partial charge in [0, 0.05) is 11.6 Å². The molecule has 0 radical (unpaired) electrons. The zero-order valence-electron chi connectivity index (χ0n) is 11.1. The van der Waals surface area contributed by atoms with Crippen molar-refractivity contribution in [2.75, 3.05) is 12.4 Å². The number of nitrogens with one attached hydrogen (secondary N) is 1. The molecule has 0 spiro atoms. The summed E-state index contributed by atoms with van der Waals surface area (Å²) in [6, 6.07) is 7.45. The van der Waals surface area contributed by atoms with Crippen LogP contribution >= 0.6 is 0 Å². The molecule has 4 heteroatoms.